The standard InChI is InChI=1S/C24H20N2O4/c1-29-19-14-12-16(13-15-19)21-20-22(30-26(21)18-10-6-3-7-11-18)24(28)25(23(20)27)17-8-4-2-5-9-17/h2-15,20-22H,1H3. The summed E-state index contributed by atoms with van der Waals surface area (Å²) < 4.78 is 5.27. The molecule has 5 rings (SSSR count). The molecule has 2 fully saturated rings. The molecule has 6 heteroatoms. The SMILES string of the molecule is COc1ccc(C2C3C(=O)N(c4ccccc4)C(=O)C3ON2c2ccccc2)cc1. The fraction of sp³-hybridized carbons (Fsp3) is 0.167. The highest BCUT2D eigenvalue weighted by Crippen LogP contribution is 2.47. The minimum atomic E-state index is -0.870. The zero-order chi connectivity index (χ0) is 20.7. The smallest absolute Gasteiger partial charge is 0.266 e. The Morgan fingerprint density at radius 3 is 1.97 bits per heavy atom. The predicted octanol–water partition coefficient (Wildman–Crippen LogP) is 3.75. The summed E-state index contributed by atoms with van der Waals surface area (Å²) in [5.74, 6) is -0.518. The molecule has 3 atom stereocenters. The number of rotatable bonds is 4. The van der Waals surface area contributed by atoms with Gasteiger partial charge in [0.05, 0.1) is 24.5 Å². The van der Waals surface area contributed by atoms with E-state index in [9.17, 15) is 9.59 Å². The minimum absolute atomic E-state index is 0.254. The van der Waals surface area contributed by atoms with Gasteiger partial charge in [-0.3, -0.25) is 14.4 Å². The number of carbonyl (C=O) groups is 2. The molecule has 2 amide bonds. The van der Waals surface area contributed by atoms with E-state index >= 15 is 0 Å². The lowest BCUT2D eigenvalue weighted by molar-refractivity contribution is -0.126. The Labute approximate surface area is 174 Å². The van der Waals surface area contributed by atoms with Gasteiger partial charge in [0.2, 0.25) is 5.91 Å². The van der Waals surface area contributed by atoms with Gasteiger partial charge in [-0.2, -0.15) is 0 Å². The van der Waals surface area contributed by atoms with Crippen LogP contribution in [-0.2, 0) is 14.4 Å². The van der Waals surface area contributed by atoms with Crippen molar-refractivity contribution in [2.24, 2.45) is 5.92 Å². The van der Waals surface area contributed by atoms with E-state index in [0.717, 1.165) is 17.0 Å². The third kappa shape index (κ3) is 2.84. The van der Waals surface area contributed by atoms with Crippen molar-refractivity contribution < 1.29 is 19.2 Å². The number of methoxy groups -OCH3 is 1. The van der Waals surface area contributed by atoms with Crippen LogP contribution in [0.4, 0.5) is 11.4 Å². The van der Waals surface area contributed by atoms with E-state index in [1.165, 1.54) is 4.90 Å². The molecule has 150 valence electrons. The summed E-state index contributed by atoms with van der Waals surface area (Å²) >= 11 is 0. The molecule has 0 radical (unpaired) electrons. The molecule has 2 heterocycles. The van der Waals surface area contributed by atoms with Crippen LogP contribution in [0.5, 0.6) is 5.75 Å². The van der Waals surface area contributed by atoms with Crippen LogP contribution in [0.3, 0.4) is 0 Å². The molecular formula is C24H20N2O4. The Bertz CT molecular complexity index is 1070. The lowest BCUT2D eigenvalue weighted by Gasteiger charge is -2.28. The molecule has 30 heavy (non-hydrogen) atoms. The lowest BCUT2D eigenvalue weighted by atomic mass is 9.90. The summed E-state index contributed by atoms with van der Waals surface area (Å²) in [6.07, 6.45) is -0.870. The number of carbonyl (C=O) groups excluding carboxylic acids is 2. The van der Waals surface area contributed by atoms with Crippen molar-refractivity contribution in [2.45, 2.75) is 12.1 Å². The Hall–Kier alpha value is -3.64. The molecule has 3 aromatic rings. The number of hydrogen-bond donors (Lipinski definition) is 0. The lowest BCUT2D eigenvalue weighted by Crippen LogP contribution is -2.37. The van der Waals surface area contributed by atoms with Crippen LogP contribution < -0.4 is 14.7 Å². The maximum Gasteiger partial charge on any atom is 0.266 e. The first-order chi connectivity index (χ1) is 14.7. The molecule has 2 aliphatic heterocycles. The van der Waals surface area contributed by atoms with E-state index in [0.29, 0.717) is 5.69 Å². The number of anilines is 2. The summed E-state index contributed by atoms with van der Waals surface area (Å²) in [6, 6.07) is 25.6. The Kier molecular flexibility index (Phi) is 4.48. The van der Waals surface area contributed by atoms with Crippen molar-refractivity contribution in [3.63, 3.8) is 0 Å². The molecule has 0 aromatic heterocycles. The van der Waals surface area contributed by atoms with Crippen molar-refractivity contribution in [1.29, 1.82) is 0 Å². The number of ether oxygens (including phenoxy) is 1. The summed E-state index contributed by atoms with van der Waals surface area (Å²) in [5, 5.41) is 1.69. The van der Waals surface area contributed by atoms with Gasteiger partial charge in [-0.25, -0.2) is 9.96 Å². The summed E-state index contributed by atoms with van der Waals surface area (Å²) in [6.45, 7) is 0. The zero-order valence-electron chi connectivity index (χ0n) is 16.3. The Balaban J connectivity index is 1.58. The number of para-hydroxylation sites is 2. The molecular weight excluding hydrogens is 380 g/mol. The highest BCUT2D eigenvalue weighted by molar-refractivity contribution is 6.23. The molecule has 6 nitrogen and oxygen atoms in total. The van der Waals surface area contributed by atoms with E-state index in [4.69, 9.17) is 9.57 Å². The molecule has 0 N–H and O–H groups in total. The quantitative estimate of drug-likeness (QED) is 0.625. The normalized spacial score (nSPS) is 23.0. The third-order valence-electron chi connectivity index (χ3n) is 5.60. The van der Waals surface area contributed by atoms with Crippen molar-refractivity contribution in [3.05, 3.63) is 90.5 Å². The van der Waals surface area contributed by atoms with Gasteiger partial charge in [0.1, 0.15) is 11.7 Å². The molecule has 0 spiro atoms. The van der Waals surface area contributed by atoms with Crippen molar-refractivity contribution >= 4 is 23.2 Å². The van der Waals surface area contributed by atoms with Gasteiger partial charge in [-0.15, -0.1) is 0 Å². The van der Waals surface area contributed by atoms with Crippen molar-refractivity contribution in [2.75, 3.05) is 17.1 Å². The predicted molar refractivity (Wildman–Crippen MR) is 112 cm³/mol. The number of imide groups is 1. The van der Waals surface area contributed by atoms with Crippen molar-refractivity contribution in [1.82, 2.24) is 0 Å². The number of benzene rings is 3. The number of amides is 2. The number of nitrogens with zero attached hydrogens (tertiary/aromatic N) is 2. The first-order valence-corrected chi connectivity index (χ1v) is 9.77. The van der Waals surface area contributed by atoms with Gasteiger partial charge < -0.3 is 4.74 Å². The molecule has 2 aliphatic rings. The van der Waals surface area contributed by atoms with E-state index in [1.807, 2.05) is 72.8 Å². The molecule has 0 bridgehead atoms. The average molecular weight is 400 g/mol. The average Bonchev–Trinajstić information content (AvgIpc) is 3.31. The van der Waals surface area contributed by atoms with Crippen LogP contribution in [0, 0.1) is 5.92 Å². The zero-order valence-corrected chi connectivity index (χ0v) is 16.3. The van der Waals surface area contributed by atoms with Crippen LogP contribution >= 0.6 is 0 Å². The van der Waals surface area contributed by atoms with E-state index < -0.39 is 18.1 Å². The fourth-order valence-electron chi connectivity index (χ4n) is 4.18. The molecule has 3 unspecified atom stereocenters. The van der Waals surface area contributed by atoms with Crippen LogP contribution in [0.1, 0.15) is 11.6 Å². The fourth-order valence-corrected chi connectivity index (χ4v) is 4.18. The number of hydroxylamine groups is 1. The van der Waals surface area contributed by atoms with Gasteiger partial charge in [0.25, 0.3) is 5.91 Å². The van der Waals surface area contributed by atoms with E-state index in [2.05, 4.69) is 0 Å². The van der Waals surface area contributed by atoms with Gasteiger partial charge in [0, 0.05) is 0 Å². The Morgan fingerprint density at radius 1 is 0.767 bits per heavy atom. The van der Waals surface area contributed by atoms with Crippen LogP contribution in [0.2, 0.25) is 0 Å². The second-order valence-corrected chi connectivity index (χ2v) is 7.28. The summed E-state index contributed by atoms with van der Waals surface area (Å²) in [4.78, 5) is 34.0. The van der Waals surface area contributed by atoms with Gasteiger partial charge >= 0.3 is 0 Å². The second-order valence-electron chi connectivity index (χ2n) is 7.28. The first kappa shape index (κ1) is 18.4. The van der Waals surface area contributed by atoms with Crippen molar-refractivity contribution in [3.8, 4) is 5.75 Å². The largest absolute Gasteiger partial charge is 0.497 e. The maximum absolute atomic E-state index is 13.5. The van der Waals surface area contributed by atoms with Gasteiger partial charge in [-0.1, -0.05) is 48.5 Å². The number of hydrogen-bond acceptors (Lipinski definition) is 5. The molecule has 0 aliphatic carbocycles. The summed E-state index contributed by atoms with van der Waals surface area (Å²) in [5.41, 5.74) is 2.23. The van der Waals surface area contributed by atoms with Crippen LogP contribution in [0.25, 0.3) is 0 Å². The monoisotopic (exact) mass is 400 g/mol. The molecule has 3 aromatic carbocycles. The highest BCUT2D eigenvalue weighted by atomic mass is 16.7. The first-order valence-electron chi connectivity index (χ1n) is 9.77. The van der Waals surface area contributed by atoms with E-state index in [-0.39, 0.29) is 11.8 Å². The highest BCUT2D eigenvalue weighted by Gasteiger charge is 2.60. The molecule has 0 saturated carbocycles. The number of fused-ring (bicyclic) bond motifs is 1. The molecule has 2 saturated heterocycles. The second kappa shape index (κ2) is 7.31. The maximum atomic E-state index is 13.5. The van der Waals surface area contributed by atoms with Crippen LogP contribution in [0.15, 0.2) is 84.9 Å². The van der Waals surface area contributed by atoms with E-state index in [1.54, 1.807) is 24.3 Å². The van der Waals surface area contributed by atoms with Gasteiger partial charge in [0.15, 0.2) is 6.10 Å². The third-order valence-corrected chi connectivity index (χ3v) is 5.60. The summed E-state index contributed by atoms with van der Waals surface area (Å²) in [7, 11) is 1.61. The van der Waals surface area contributed by atoms with Gasteiger partial charge in [-0.05, 0) is 42.0 Å². The Morgan fingerprint density at radius 2 is 1.37 bits per heavy atom. The topological polar surface area (TPSA) is 59.1 Å². The minimum Gasteiger partial charge on any atom is -0.497 e. The van der Waals surface area contributed by atoms with Crippen LogP contribution in [-0.4, -0.2) is 25.0 Å².